The zero-order chi connectivity index (χ0) is 17.2. The number of nitrogens with zero attached hydrogens (tertiary/aromatic N) is 5. The van der Waals surface area contributed by atoms with Crippen molar-refractivity contribution in [3.63, 3.8) is 0 Å². The summed E-state index contributed by atoms with van der Waals surface area (Å²) in [7, 11) is 0. The maximum absolute atomic E-state index is 12.8. The summed E-state index contributed by atoms with van der Waals surface area (Å²) in [4.78, 5) is 39.7. The van der Waals surface area contributed by atoms with Crippen LogP contribution in [0.2, 0.25) is 0 Å². The fourth-order valence-electron chi connectivity index (χ4n) is 4.31. The van der Waals surface area contributed by atoms with E-state index in [1.54, 1.807) is 18.5 Å². The molecule has 0 radical (unpaired) electrons. The highest BCUT2D eigenvalue weighted by molar-refractivity contribution is 5.89. The third-order valence-corrected chi connectivity index (χ3v) is 5.70. The lowest BCUT2D eigenvalue weighted by Gasteiger charge is -2.35. The number of anilines is 1. The first kappa shape index (κ1) is 16.3. The van der Waals surface area contributed by atoms with Crippen LogP contribution in [0, 0.1) is 5.92 Å². The molecule has 1 aliphatic carbocycles. The molecule has 1 saturated carbocycles. The maximum atomic E-state index is 12.8. The van der Waals surface area contributed by atoms with Crippen molar-refractivity contribution in [3.05, 3.63) is 18.5 Å². The Bertz CT molecular complexity index is 624. The van der Waals surface area contributed by atoms with E-state index in [4.69, 9.17) is 0 Å². The standard InChI is InChI=1S/C18H25N5O2/c24-16-12-14(13-23(16)15-4-1-2-5-15)17(25)21-8-10-22(11-9-21)18-19-6-3-7-20-18/h3,6-7,14-15H,1-2,4-5,8-13H2/t14-/m0/s1. The van der Waals surface area contributed by atoms with Gasteiger partial charge in [-0.25, -0.2) is 9.97 Å². The highest BCUT2D eigenvalue weighted by atomic mass is 16.2. The predicted octanol–water partition coefficient (Wildman–Crippen LogP) is 0.916. The molecule has 0 aromatic carbocycles. The average molecular weight is 343 g/mol. The van der Waals surface area contributed by atoms with Crippen LogP contribution in [-0.2, 0) is 9.59 Å². The number of hydrogen-bond donors (Lipinski definition) is 0. The fourth-order valence-corrected chi connectivity index (χ4v) is 4.31. The quantitative estimate of drug-likeness (QED) is 0.816. The minimum Gasteiger partial charge on any atom is -0.339 e. The summed E-state index contributed by atoms with van der Waals surface area (Å²) in [6.07, 6.45) is 8.47. The predicted molar refractivity (Wildman–Crippen MR) is 92.9 cm³/mol. The Kier molecular flexibility index (Phi) is 4.55. The molecule has 0 unspecified atom stereocenters. The van der Waals surface area contributed by atoms with Crippen molar-refractivity contribution in [1.82, 2.24) is 19.8 Å². The molecular formula is C18H25N5O2. The molecular weight excluding hydrogens is 318 g/mol. The summed E-state index contributed by atoms with van der Waals surface area (Å²) in [6, 6.07) is 2.17. The number of rotatable bonds is 3. The molecule has 1 atom stereocenters. The van der Waals surface area contributed by atoms with E-state index in [0.29, 0.717) is 32.1 Å². The van der Waals surface area contributed by atoms with Gasteiger partial charge >= 0.3 is 0 Å². The molecule has 2 amide bonds. The van der Waals surface area contributed by atoms with E-state index in [-0.39, 0.29) is 17.7 Å². The Balaban J connectivity index is 1.32. The first-order valence-electron chi connectivity index (χ1n) is 9.32. The Labute approximate surface area is 148 Å². The second-order valence-corrected chi connectivity index (χ2v) is 7.25. The van der Waals surface area contributed by atoms with E-state index < -0.39 is 0 Å². The van der Waals surface area contributed by atoms with E-state index >= 15 is 0 Å². The molecule has 134 valence electrons. The first-order chi connectivity index (χ1) is 12.2. The molecule has 1 aromatic heterocycles. The smallest absolute Gasteiger partial charge is 0.228 e. The van der Waals surface area contributed by atoms with Gasteiger partial charge in [0.1, 0.15) is 0 Å². The molecule has 2 aliphatic heterocycles. The van der Waals surface area contributed by atoms with Crippen LogP contribution in [0.5, 0.6) is 0 Å². The van der Waals surface area contributed by atoms with Crippen molar-refractivity contribution in [2.24, 2.45) is 5.92 Å². The molecule has 3 aliphatic rings. The first-order valence-corrected chi connectivity index (χ1v) is 9.32. The highest BCUT2D eigenvalue weighted by Crippen LogP contribution is 2.30. The summed E-state index contributed by atoms with van der Waals surface area (Å²) < 4.78 is 0. The summed E-state index contributed by atoms with van der Waals surface area (Å²) in [6.45, 7) is 3.44. The SMILES string of the molecule is O=C([C@H]1CC(=O)N(C2CCCC2)C1)N1CCN(c2ncccn2)CC1. The topological polar surface area (TPSA) is 69.6 Å². The third kappa shape index (κ3) is 3.32. The van der Waals surface area contributed by atoms with Gasteiger partial charge in [0, 0.05) is 57.6 Å². The van der Waals surface area contributed by atoms with Crippen molar-refractivity contribution in [2.45, 2.75) is 38.1 Å². The molecule has 0 spiro atoms. The van der Waals surface area contributed by atoms with Crippen LogP contribution in [0.4, 0.5) is 5.95 Å². The molecule has 3 heterocycles. The number of aromatic nitrogens is 2. The van der Waals surface area contributed by atoms with Crippen LogP contribution >= 0.6 is 0 Å². The van der Waals surface area contributed by atoms with Crippen LogP contribution in [0.25, 0.3) is 0 Å². The number of carbonyl (C=O) groups excluding carboxylic acids is 2. The summed E-state index contributed by atoms with van der Waals surface area (Å²) in [5.41, 5.74) is 0. The molecule has 7 nitrogen and oxygen atoms in total. The Morgan fingerprint density at radius 2 is 1.72 bits per heavy atom. The van der Waals surface area contributed by atoms with Crippen molar-refractivity contribution in [1.29, 1.82) is 0 Å². The van der Waals surface area contributed by atoms with Gasteiger partial charge in [-0.2, -0.15) is 0 Å². The molecule has 2 saturated heterocycles. The van der Waals surface area contributed by atoms with Gasteiger partial charge in [-0.05, 0) is 18.9 Å². The fraction of sp³-hybridized carbons (Fsp3) is 0.667. The Hall–Kier alpha value is -2.18. The highest BCUT2D eigenvalue weighted by Gasteiger charge is 2.40. The molecule has 4 rings (SSSR count). The van der Waals surface area contributed by atoms with Crippen molar-refractivity contribution < 1.29 is 9.59 Å². The van der Waals surface area contributed by atoms with Gasteiger partial charge in [0.05, 0.1) is 5.92 Å². The van der Waals surface area contributed by atoms with Crippen LogP contribution < -0.4 is 4.90 Å². The minimum atomic E-state index is -0.160. The number of likely N-dealkylation sites (tertiary alicyclic amines) is 1. The number of piperazine rings is 1. The number of hydrogen-bond acceptors (Lipinski definition) is 5. The van der Waals surface area contributed by atoms with Gasteiger partial charge in [0.15, 0.2) is 0 Å². The van der Waals surface area contributed by atoms with Gasteiger partial charge in [-0.15, -0.1) is 0 Å². The lowest BCUT2D eigenvalue weighted by molar-refractivity contribution is -0.136. The zero-order valence-corrected chi connectivity index (χ0v) is 14.5. The molecule has 0 bridgehead atoms. The third-order valence-electron chi connectivity index (χ3n) is 5.70. The van der Waals surface area contributed by atoms with E-state index in [0.717, 1.165) is 31.9 Å². The van der Waals surface area contributed by atoms with E-state index in [9.17, 15) is 9.59 Å². The van der Waals surface area contributed by atoms with Crippen LogP contribution in [-0.4, -0.2) is 70.3 Å². The molecule has 1 aromatic rings. The lowest BCUT2D eigenvalue weighted by atomic mass is 10.1. The molecule has 0 N–H and O–H groups in total. The normalized spacial score (nSPS) is 25.0. The lowest BCUT2D eigenvalue weighted by Crippen LogP contribution is -2.51. The van der Waals surface area contributed by atoms with Crippen molar-refractivity contribution in [3.8, 4) is 0 Å². The number of carbonyl (C=O) groups is 2. The largest absolute Gasteiger partial charge is 0.339 e. The van der Waals surface area contributed by atoms with E-state index in [1.165, 1.54) is 12.8 Å². The van der Waals surface area contributed by atoms with Gasteiger partial charge < -0.3 is 14.7 Å². The Morgan fingerprint density at radius 1 is 1.04 bits per heavy atom. The van der Waals surface area contributed by atoms with Crippen molar-refractivity contribution >= 4 is 17.8 Å². The maximum Gasteiger partial charge on any atom is 0.228 e. The Morgan fingerprint density at radius 3 is 2.40 bits per heavy atom. The van der Waals surface area contributed by atoms with Crippen LogP contribution in [0.1, 0.15) is 32.1 Å². The summed E-state index contributed by atoms with van der Waals surface area (Å²) >= 11 is 0. The van der Waals surface area contributed by atoms with Crippen LogP contribution in [0.3, 0.4) is 0 Å². The second kappa shape index (κ2) is 6.98. The zero-order valence-electron chi connectivity index (χ0n) is 14.5. The van der Waals surface area contributed by atoms with Crippen LogP contribution in [0.15, 0.2) is 18.5 Å². The molecule has 7 heteroatoms. The molecule has 3 fully saturated rings. The molecule has 25 heavy (non-hydrogen) atoms. The minimum absolute atomic E-state index is 0.141. The average Bonchev–Trinajstić information content (AvgIpc) is 3.31. The van der Waals surface area contributed by atoms with E-state index in [1.807, 2.05) is 9.80 Å². The monoisotopic (exact) mass is 343 g/mol. The van der Waals surface area contributed by atoms with Gasteiger partial charge in [-0.3, -0.25) is 9.59 Å². The van der Waals surface area contributed by atoms with Gasteiger partial charge in [-0.1, -0.05) is 12.8 Å². The number of amides is 2. The van der Waals surface area contributed by atoms with Crippen molar-refractivity contribution in [2.75, 3.05) is 37.6 Å². The summed E-state index contributed by atoms with van der Waals surface area (Å²) in [5, 5.41) is 0. The van der Waals surface area contributed by atoms with Gasteiger partial charge in [0.2, 0.25) is 17.8 Å². The summed E-state index contributed by atoms with van der Waals surface area (Å²) in [5.74, 6) is 0.870. The second-order valence-electron chi connectivity index (χ2n) is 7.25. The van der Waals surface area contributed by atoms with E-state index in [2.05, 4.69) is 14.9 Å². The van der Waals surface area contributed by atoms with Gasteiger partial charge in [0.25, 0.3) is 0 Å².